The second-order valence-corrected chi connectivity index (χ2v) is 3.68. The second kappa shape index (κ2) is 4.63. The largest absolute Gasteiger partial charge is 0.412 e. The molecular formula is C11H13ClN2O2. The van der Waals surface area contributed by atoms with Crippen LogP contribution in [0.1, 0.15) is 29.5 Å². The van der Waals surface area contributed by atoms with Gasteiger partial charge in [0.1, 0.15) is 0 Å². The molecule has 5 heteroatoms. The first-order chi connectivity index (χ1) is 6.90. The summed E-state index contributed by atoms with van der Waals surface area (Å²) in [7, 11) is 0. The standard InChI is InChI=1S/C11H10N2O.ClH.H2O/c14-7-11-12-9-3-1-2-4-10(9)13(11)8-5-6-8;;/h1-4,7-8H,5-6H2;1H;1H2. The molecule has 3 rings (SSSR count). The van der Waals surface area contributed by atoms with Crippen LogP contribution in [0, 0.1) is 0 Å². The Bertz CT molecular complexity index is 506. The van der Waals surface area contributed by atoms with Crippen LogP contribution in [-0.4, -0.2) is 21.3 Å². The third-order valence-electron chi connectivity index (χ3n) is 2.64. The summed E-state index contributed by atoms with van der Waals surface area (Å²) in [4.78, 5) is 15.1. The van der Waals surface area contributed by atoms with Crippen molar-refractivity contribution in [2.75, 3.05) is 0 Å². The fraction of sp³-hybridized carbons (Fsp3) is 0.273. The predicted octanol–water partition coefficient (Wildman–Crippen LogP) is 1.78. The van der Waals surface area contributed by atoms with Crippen molar-refractivity contribution in [1.82, 2.24) is 9.55 Å². The van der Waals surface area contributed by atoms with Gasteiger partial charge in [0.25, 0.3) is 0 Å². The number of aldehydes is 1. The van der Waals surface area contributed by atoms with Crippen molar-refractivity contribution in [2.24, 2.45) is 0 Å². The number of rotatable bonds is 2. The van der Waals surface area contributed by atoms with Crippen LogP contribution in [0.5, 0.6) is 0 Å². The molecule has 0 atom stereocenters. The molecule has 0 amide bonds. The number of para-hydroxylation sites is 2. The molecule has 2 aromatic rings. The van der Waals surface area contributed by atoms with Gasteiger partial charge in [0.2, 0.25) is 0 Å². The van der Waals surface area contributed by atoms with E-state index < -0.39 is 0 Å². The minimum absolute atomic E-state index is 0. The van der Waals surface area contributed by atoms with E-state index in [4.69, 9.17) is 0 Å². The summed E-state index contributed by atoms with van der Waals surface area (Å²) in [5, 5.41) is 0. The van der Waals surface area contributed by atoms with Gasteiger partial charge in [-0.15, -0.1) is 12.4 Å². The van der Waals surface area contributed by atoms with E-state index in [0.29, 0.717) is 11.9 Å². The number of benzene rings is 1. The highest BCUT2D eigenvalue weighted by Gasteiger charge is 2.27. The molecule has 4 nitrogen and oxygen atoms in total. The number of carbonyl (C=O) groups excluding carboxylic acids is 1. The first-order valence-corrected chi connectivity index (χ1v) is 4.82. The van der Waals surface area contributed by atoms with E-state index in [1.807, 2.05) is 24.3 Å². The van der Waals surface area contributed by atoms with Gasteiger partial charge in [-0.1, -0.05) is 12.1 Å². The van der Waals surface area contributed by atoms with Crippen molar-refractivity contribution in [3.8, 4) is 0 Å². The summed E-state index contributed by atoms with van der Waals surface area (Å²) in [5.74, 6) is 0.564. The molecule has 86 valence electrons. The van der Waals surface area contributed by atoms with Crippen molar-refractivity contribution in [3.05, 3.63) is 30.1 Å². The van der Waals surface area contributed by atoms with Crippen molar-refractivity contribution >= 4 is 29.7 Å². The normalized spacial score (nSPS) is 14.0. The van der Waals surface area contributed by atoms with Crippen molar-refractivity contribution in [3.63, 3.8) is 0 Å². The Morgan fingerprint density at radius 3 is 2.62 bits per heavy atom. The molecular weight excluding hydrogens is 228 g/mol. The molecule has 1 saturated carbocycles. The van der Waals surface area contributed by atoms with Crippen LogP contribution in [0.15, 0.2) is 24.3 Å². The van der Waals surface area contributed by atoms with Gasteiger partial charge in [-0.2, -0.15) is 0 Å². The quantitative estimate of drug-likeness (QED) is 0.751. The van der Waals surface area contributed by atoms with E-state index in [9.17, 15) is 4.79 Å². The Hall–Kier alpha value is -1.39. The van der Waals surface area contributed by atoms with E-state index >= 15 is 0 Å². The molecule has 1 aromatic heterocycles. The Morgan fingerprint density at radius 1 is 1.31 bits per heavy atom. The van der Waals surface area contributed by atoms with Crippen LogP contribution < -0.4 is 0 Å². The van der Waals surface area contributed by atoms with Gasteiger partial charge in [-0.25, -0.2) is 4.98 Å². The van der Waals surface area contributed by atoms with E-state index in [-0.39, 0.29) is 17.9 Å². The average molecular weight is 241 g/mol. The zero-order valence-corrected chi connectivity index (χ0v) is 9.41. The molecule has 1 aromatic carbocycles. The van der Waals surface area contributed by atoms with E-state index in [2.05, 4.69) is 9.55 Å². The lowest BCUT2D eigenvalue weighted by molar-refractivity contribution is 0.111. The van der Waals surface area contributed by atoms with Crippen LogP contribution in [0.3, 0.4) is 0 Å². The molecule has 16 heavy (non-hydrogen) atoms. The maximum atomic E-state index is 10.8. The summed E-state index contributed by atoms with van der Waals surface area (Å²) in [6.07, 6.45) is 3.18. The minimum Gasteiger partial charge on any atom is -0.412 e. The van der Waals surface area contributed by atoms with E-state index in [1.165, 1.54) is 12.8 Å². The molecule has 0 radical (unpaired) electrons. The Kier molecular flexibility index (Phi) is 3.67. The summed E-state index contributed by atoms with van der Waals surface area (Å²) in [5.41, 5.74) is 2.00. The maximum absolute atomic E-state index is 10.8. The molecule has 1 aliphatic carbocycles. The number of nitrogens with zero attached hydrogens (tertiary/aromatic N) is 2. The SMILES string of the molecule is Cl.O.O=Cc1nc2ccccc2n1C1CC1. The molecule has 0 unspecified atom stereocenters. The monoisotopic (exact) mass is 240 g/mol. The van der Waals surface area contributed by atoms with Crippen LogP contribution >= 0.6 is 12.4 Å². The van der Waals surface area contributed by atoms with Crippen LogP contribution in [0.2, 0.25) is 0 Å². The Labute approximate surface area is 99.0 Å². The summed E-state index contributed by atoms with van der Waals surface area (Å²) >= 11 is 0. The number of hydrogen-bond acceptors (Lipinski definition) is 2. The summed E-state index contributed by atoms with van der Waals surface area (Å²) in [6.45, 7) is 0. The lowest BCUT2D eigenvalue weighted by Gasteiger charge is -2.01. The number of halogens is 1. The highest BCUT2D eigenvalue weighted by molar-refractivity contribution is 5.85. The minimum atomic E-state index is 0. The molecule has 1 aliphatic rings. The van der Waals surface area contributed by atoms with Crippen LogP contribution in [0.4, 0.5) is 0 Å². The number of imidazole rings is 1. The highest BCUT2D eigenvalue weighted by Crippen LogP contribution is 2.38. The zero-order chi connectivity index (χ0) is 9.54. The van der Waals surface area contributed by atoms with Gasteiger partial charge in [-0.3, -0.25) is 4.79 Å². The van der Waals surface area contributed by atoms with Crippen molar-refractivity contribution in [1.29, 1.82) is 0 Å². The highest BCUT2D eigenvalue weighted by atomic mass is 35.5. The van der Waals surface area contributed by atoms with Gasteiger partial charge in [0.15, 0.2) is 12.1 Å². The Balaban J connectivity index is 0.000000640. The van der Waals surface area contributed by atoms with Gasteiger partial charge in [0, 0.05) is 6.04 Å². The lowest BCUT2D eigenvalue weighted by atomic mass is 10.3. The first-order valence-electron chi connectivity index (χ1n) is 4.82. The third kappa shape index (κ3) is 1.81. The lowest BCUT2D eigenvalue weighted by Crippen LogP contribution is -1.99. The average Bonchev–Trinajstić information content (AvgIpc) is 2.98. The molecule has 1 heterocycles. The molecule has 2 N–H and O–H groups in total. The van der Waals surface area contributed by atoms with Gasteiger partial charge < -0.3 is 10.0 Å². The van der Waals surface area contributed by atoms with Crippen molar-refractivity contribution < 1.29 is 10.3 Å². The predicted molar refractivity (Wildman–Crippen MR) is 64.3 cm³/mol. The number of fused-ring (bicyclic) bond motifs is 1. The molecule has 0 bridgehead atoms. The molecule has 1 fully saturated rings. The smallest absolute Gasteiger partial charge is 0.185 e. The summed E-state index contributed by atoms with van der Waals surface area (Å²) < 4.78 is 2.06. The molecule has 0 spiro atoms. The van der Waals surface area contributed by atoms with Crippen LogP contribution in [0.25, 0.3) is 11.0 Å². The fourth-order valence-electron chi connectivity index (χ4n) is 1.86. The number of hydrogen-bond donors (Lipinski definition) is 0. The topological polar surface area (TPSA) is 66.4 Å². The van der Waals surface area contributed by atoms with Gasteiger partial charge >= 0.3 is 0 Å². The Morgan fingerprint density at radius 2 is 2.00 bits per heavy atom. The van der Waals surface area contributed by atoms with Crippen molar-refractivity contribution in [2.45, 2.75) is 18.9 Å². The number of carbonyl (C=O) groups is 1. The second-order valence-electron chi connectivity index (χ2n) is 3.68. The molecule has 0 saturated heterocycles. The first kappa shape index (κ1) is 12.7. The van der Waals surface area contributed by atoms with E-state index in [0.717, 1.165) is 17.3 Å². The van der Waals surface area contributed by atoms with Crippen LogP contribution in [-0.2, 0) is 0 Å². The van der Waals surface area contributed by atoms with Gasteiger partial charge in [0.05, 0.1) is 11.0 Å². The fourth-order valence-corrected chi connectivity index (χ4v) is 1.86. The molecule has 0 aliphatic heterocycles. The third-order valence-corrected chi connectivity index (χ3v) is 2.64. The summed E-state index contributed by atoms with van der Waals surface area (Å²) in [6, 6.07) is 8.40. The van der Waals surface area contributed by atoms with E-state index in [1.54, 1.807) is 0 Å². The number of aromatic nitrogens is 2. The maximum Gasteiger partial charge on any atom is 0.185 e. The van der Waals surface area contributed by atoms with Gasteiger partial charge in [-0.05, 0) is 25.0 Å². The zero-order valence-electron chi connectivity index (χ0n) is 8.59.